The summed E-state index contributed by atoms with van der Waals surface area (Å²) < 4.78 is 5.82. The van der Waals surface area contributed by atoms with Crippen LogP contribution in [0.1, 0.15) is 44.5 Å². The van der Waals surface area contributed by atoms with Gasteiger partial charge in [0.15, 0.2) is 17.5 Å². The van der Waals surface area contributed by atoms with Crippen molar-refractivity contribution in [1.82, 2.24) is 0 Å². The molecule has 3 N–H and O–H groups in total. The van der Waals surface area contributed by atoms with E-state index in [1.165, 1.54) is 12.1 Å². The molecule has 0 radical (unpaired) electrons. The van der Waals surface area contributed by atoms with E-state index in [-0.39, 0.29) is 50.1 Å². The van der Waals surface area contributed by atoms with Crippen LogP contribution in [0.25, 0.3) is 0 Å². The molecule has 8 heteroatoms. The molecule has 1 spiro atoms. The van der Waals surface area contributed by atoms with E-state index >= 15 is 0 Å². The number of fused-ring (bicyclic) bond motifs is 3. The number of halogens is 2. The number of aliphatic hydroxyl groups is 3. The Kier molecular flexibility index (Phi) is 5.63. The number of benzene rings is 1. The Morgan fingerprint density at radius 3 is 2.46 bits per heavy atom. The van der Waals surface area contributed by atoms with Gasteiger partial charge in [-0.05, 0) is 59.8 Å². The summed E-state index contributed by atoms with van der Waals surface area (Å²) in [5, 5.41) is 34.3. The average molecular weight is 521 g/mol. The van der Waals surface area contributed by atoms with Crippen LogP contribution in [0.3, 0.4) is 0 Å². The van der Waals surface area contributed by atoms with Crippen molar-refractivity contribution >= 4 is 35.0 Å². The third-order valence-electron chi connectivity index (χ3n) is 9.29. The highest BCUT2D eigenvalue weighted by Crippen LogP contribution is 2.71. The lowest BCUT2D eigenvalue weighted by Crippen LogP contribution is -2.65. The number of carbonyl (C=O) groups is 2. The molecule has 188 valence electrons. The van der Waals surface area contributed by atoms with E-state index in [0.717, 1.165) is 0 Å². The minimum atomic E-state index is -2.21. The molecule has 0 heterocycles. The highest BCUT2D eigenvalue weighted by Gasteiger charge is 2.76. The van der Waals surface area contributed by atoms with Gasteiger partial charge in [0, 0.05) is 5.92 Å². The first-order valence-electron chi connectivity index (χ1n) is 11.9. The monoisotopic (exact) mass is 520 g/mol. The largest absolute Gasteiger partial charge is 0.451 e. The van der Waals surface area contributed by atoms with Gasteiger partial charge < -0.3 is 20.1 Å². The van der Waals surface area contributed by atoms with Crippen LogP contribution in [-0.2, 0) is 9.53 Å². The molecule has 4 aliphatic rings. The van der Waals surface area contributed by atoms with Crippen molar-refractivity contribution < 1.29 is 29.6 Å². The van der Waals surface area contributed by atoms with Crippen LogP contribution in [0.4, 0.5) is 0 Å². The zero-order valence-corrected chi connectivity index (χ0v) is 21.6. The maximum atomic E-state index is 14.3. The molecule has 35 heavy (non-hydrogen) atoms. The van der Waals surface area contributed by atoms with Crippen LogP contribution >= 0.6 is 23.2 Å². The zero-order chi connectivity index (χ0) is 25.7. The Hall–Kier alpha value is -1.70. The van der Waals surface area contributed by atoms with E-state index < -0.39 is 41.7 Å². The molecule has 1 aromatic rings. The summed E-state index contributed by atoms with van der Waals surface area (Å²) in [7, 11) is 0. The van der Waals surface area contributed by atoms with Gasteiger partial charge in [0.2, 0.25) is 0 Å². The molecule has 1 aromatic carbocycles. The molecule has 5 rings (SSSR count). The van der Waals surface area contributed by atoms with Crippen molar-refractivity contribution in [2.24, 2.45) is 34.5 Å². The smallest absolute Gasteiger partial charge is 0.341 e. The van der Waals surface area contributed by atoms with E-state index in [1.54, 1.807) is 25.1 Å². The molecule has 2 fully saturated rings. The lowest BCUT2D eigenvalue weighted by atomic mass is 9.59. The van der Waals surface area contributed by atoms with Gasteiger partial charge in [-0.1, -0.05) is 62.2 Å². The molecule has 0 aromatic heterocycles. The van der Waals surface area contributed by atoms with Crippen molar-refractivity contribution in [3.63, 3.8) is 0 Å². The number of carbonyl (C=O) groups excluding carboxylic acids is 2. The Bertz CT molecular complexity index is 1170. The number of allylic oxidation sites excluding steroid dienone is 1. The molecule has 4 aliphatic carbocycles. The van der Waals surface area contributed by atoms with Crippen LogP contribution in [0.15, 0.2) is 41.5 Å². The van der Waals surface area contributed by atoms with E-state index in [1.807, 2.05) is 6.92 Å². The molecular weight excluding hydrogens is 491 g/mol. The van der Waals surface area contributed by atoms with E-state index in [4.69, 9.17) is 27.9 Å². The van der Waals surface area contributed by atoms with Crippen molar-refractivity contribution in [2.45, 2.75) is 51.9 Å². The van der Waals surface area contributed by atoms with E-state index in [9.17, 15) is 24.9 Å². The van der Waals surface area contributed by atoms with Crippen LogP contribution < -0.4 is 0 Å². The fourth-order valence-corrected chi connectivity index (χ4v) is 8.00. The molecule has 2 saturated carbocycles. The number of hydrogen-bond acceptors (Lipinski definition) is 6. The highest BCUT2D eigenvalue weighted by atomic mass is 35.5. The van der Waals surface area contributed by atoms with Crippen molar-refractivity contribution in [3.05, 3.63) is 57.1 Å². The van der Waals surface area contributed by atoms with Crippen LogP contribution in [0.2, 0.25) is 10.0 Å². The van der Waals surface area contributed by atoms with Gasteiger partial charge in [-0.3, -0.25) is 4.79 Å². The summed E-state index contributed by atoms with van der Waals surface area (Å²) in [5.74, 6) is -1.68. The number of ketones is 1. The highest BCUT2D eigenvalue weighted by molar-refractivity contribution is 6.39. The predicted molar refractivity (Wildman–Crippen MR) is 131 cm³/mol. The SMILES string of the molecule is CC1=C[C@]23C(=O)[C@@H](C=C(CO)[C@@H](O)[C@]2(O)[C@H]1OC(=O)c1c(Cl)cccc1Cl)[C@H]1[C@@H](C[C@H]3C)C1(C)C. The van der Waals surface area contributed by atoms with Crippen molar-refractivity contribution in [1.29, 1.82) is 0 Å². The van der Waals surface area contributed by atoms with Gasteiger partial charge in [0.1, 0.15) is 6.10 Å². The lowest BCUT2D eigenvalue weighted by molar-refractivity contribution is -0.190. The summed E-state index contributed by atoms with van der Waals surface area (Å²) in [5.41, 5.74) is -3.21. The summed E-state index contributed by atoms with van der Waals surface area (Å²) >= 11 is 12.4. The molecule has 0 aliphatic heterocycles. The second-order valence-electron chi connectivity index (χ2n) is 11.2. The minimum Gasteiger partial charge on any atom is -0.451 e. The Labute approximate surface area is 214 Å². The molecule has 0 unspecified atom stereocenters. The van der Waals surface area contributed by atoms with Gasteiger partial charge in [-0.25, -0.2) is 4.79 Å². The Balaban J connectivity index is 1.65. The number of rotatable bonds is 3. The van der Waals surface area contributed by atoms with Gasteiger partial charge in [0.05, 0.1) is 27.6 Å². The zero-order valence-electron chi connectivity index (χ0n) is 20.1. The molecule has 2 bridgehead atoms. The first kappa shape index (κ1) is 25.0. The van der Waals surface area contributed by atoms with Gasteiger partial charge >= 0.3 is 5.97 Å². The average Bonchev–Trinajstić information content (AvgIpc) is 3.27. The first-order valence-corrected chi connectivity index (χ1v) is 12.7. The van der Waals surface area contributed by atoms with E-state index in [2.05, 4.69) is 13.8 Å². The van der Waals surface area contributed by atoms with Crippen molar-refractivity contribution in [3.8, 4) is 0 Å². The summed E-state index contributed by atoms with van der Waals surface area (Å²) in [6.07, 6.45) is 1.03. The molecule has 8 atom stereocenters. The minimum absolute atomic E-state index is 0.0464. The number of aliphatic hydroxyl groups excluding tert-OH is 2. The van der Waals surface area contributed by atoms with Crippen LogP contribution in [0.5, 0.6) is 0 Å². The summed E-state index contributed by atoms with van der Waals surface area (Å²) in [6.45, 7) is 7.31. The maximum Gasteiger partial charge on any atom is 0.341 e. The fraction of sp³-hybridized carbons (Fsp3) is 0.556. The molecule has 0 saturated heterocycles. The lowest BCUT2D eigenvalue weighted by Gasteiger charge is -2.48. The molecule has 6 nitrogen and oxygen atoms in total. The predicted octanol–water partition coefficient (Wildman–Crippen LogP) is 3.99. The number of ether oxygens (including phenoxy) is 1. The Morgan fingerprint density at radius 1 is 1.23 bits per heavy atom. The van der Waals surface area contributed by atoms with E-state index in [0.29, 0.717) is 12.0 Å². The molecule has 0 amide bonds. The third-order valence-corrected chi connectivity index (χ3v) is 9.92. The fourth-order valence-electron chi connectivity index (χ4n) is 7.45. The molecular formula is C27H30Cl2O6. The normalized spacial score (nSPS) is 41.1. The van der Waals surface area contributed by atoms with Gasteiger partial charge in [0.25, 0.3) is 0 Å². The summed E-state index contributed by atoms with van der Waals surface area (Å²) in [6, 6.07) is 4.59. The topological polar surface area (TPSA) is 104 Å². The third kappa shape index (κ3) is 3.07. The van der Waals surface area contributed by atoms with Gasteiger partial charge in [-0.2, -0.15) is 0 Å². The first-order chi connectivity index (χ1) is 16.3. The standard InChI is InChI=1S/C27H30Cl2O6/c1-12-10-26-13(2)8-16-20(25(16,3)4)15(22(26)32)9-14(11-30)21(31)27(26,34)23(12)35-24(33)19-17(28)6-5-7-18(19)29/h5-7,9-10,13,15-16,20-21,23,30-31,34H,8,11H2,1-4H3/t13-,15+,16-,20+,21-,23+,26+,27+/m1/s1. The second kappa shape index (κ2) is 7.90. The number of hydrogen-bond donors (Lipinski definition) is 3. The quantitative estimate of drug-likeness (QED) is 0.411. The van der Waals surface area contributed by atoms with Crippen LogP contribution in [0, 0.1) is 34.5 Å². The Morgan fingerprint density at radius 2 is 1.86 bits per heavy atom. The van der Waals surface area contributed by atoms with Crippen molar-refractivity contribution in [2.75, 3.05) is 6.61 Å². The second-order valence-corrected chi connectivity index (χ2v) is 12.1. The summed E-state index contributed by atoms with van der Waals surface area (Å²) in [4.78, 5) is 27.6. The number of esters is 1. The van der Waals surface area contributed by atoms with Crippen LogP contribution in [-0.4, -0.2) is 51.5 Å². The number of Topliss-reactive ketones (excluding diaryl/α,β-unsaturated/α-hetero) is 1. The van der Waals surface area contributed by atoms with Gasteiger partial charge in [-0.15, -0.1) is 0 Å². The maximum absolute atomic E-state index is 14.3.